The van der Waals surface area contributed by atoms with Gasteiger partial charge in [-0.3, -0.25) is 0 Å². The first kappa shape index (κ1) is 15.1. The number of hydrogen-bond donors (Lipinski definition) is 2. The molecule has 0 amide bonds. The molecule has 3 heterocycles. The fourth-order valence-electron chi connectivity index (χ4n) is 3.08. The lowest BCUT2D eigenvalue weighted by atomic mass is 9.78. The van der Waals surface area contributed by atoms with Crippen molar-refractivity contribution in [2.45, 2.75) is 18.8 Å². The van der Waals surface area contributed by atoms with Crippen LogP contribution in [0.3, 0.4) is 0 Å². The Morgan fingerprint density at radius 2 is 2.25 bits per heavy atom. The minimum atomic E-state index is -1.13. The number of benzene rings is 1. The summed E-state index contributed by atoms with van der Waals surface area (Å²) in [4.78, 5) is 17.9. The van der Waals surface area contributed by atoms with Crippen LogP contribution in [0.4, 0.5) is 0 Å². The van der Waals surface area contributed by atoms with E-state index < -0.39 is 13.1 Å². The van der Waals surface area contributed by atoms with Gasteiger partial charge in [0.1, 0.15) is 29.8 Å². The van der Waals surface area contributed by atoms with Crippen molar-refractivity contribution in [1.29, 1.82) is 0 Å². The summed E-state index contributed by atoms with van der Waals surface area (Å²) >= 11 is 0. The molecule has 1 aromatic carbocycles. The molecule has 0 aromatic heterocycles. The average molecular weight is 332 g/mol. The van der Waals surface area contributed by atoms with E-state index in [4.69, 9.17) is 14.1 Å². The summed E-state index contributed by atoms with van der Waals surface area (Å²) in [6, 6.07) is 4.09. The fraction of sp³-hybridized carbons (Fsp3) is 0.467. The number of fused-ring (bicyclic) bond motifs is 1. The van der Waals surface area contributed by atoms with Crippen LogP contribution in [0.5, 0.6) is 11.5 Å². The highest BCUT2D eigenvalue weighted by Gasteiger charge is 2.35. The maximum absolute atomic E-state index is 11.7. The summed E-state index contributed by atoms with van der Waals surface area (Å²) in [5, 5.41) is 19.2. The summed E-state index contributed by atoms with van der Waals surface area (Å²) in [7, 11) is -0.984. The summed E-state index contributed by atoms with van der Waals surface area (Å²) < 4.78 is 16.6. The number of aryl methyl sites for hydroxylation is 1. The van der Waals surface area contributed by atoms with Gasteiger partial charge in [0, 0.05) is 0 Å². The van der Waals surface area contributed by atoms with E-state index in [1.54, 1.807) is 12.1 Å². The Morgan fingerprint density at radius 3 is 2.96 bits per heavy atom. The van der Waals surface area contributed by atoms with Crippen molar-refractivity contribution in [2.24, 2.45) is 4.99 Å². The zero-order valence-corrected chi connectivity index (χ0v) is 13.0. The first-order chi connectivity index (χ1) is 11.6. The molecule has 0 unspecified atom stereocenters. The van der Waals surface area contributed by atoms with E-state index in [-0.39, 0.29) is 23.2 Å². The largest absolute Gasteiger partial charge is 0.535 e. The predicted molar refractivity (Wildman–Crippen MR) is 84.8 cm³/mol. The number of aliphatic imine (C=N–C) groups is 1. The second-order valence-electron chi connectivity index (χ2n) is 6.00. The van der Waals surface area contributed by atoms with Crippen molar-refractivity contribution < 1.29 is 29.1 Å². The van der Waals surface area contributed by atoms with Crippen molar-refractivity contribution in [2.75, 3.05) is 26.2 Å². The van der Waals surface area contributed by atoms with Crippen molar-refractivity contribution in [1.82, 2.24) is 4.90 Å². The molecular weight excluding hydrogens is 315 g/mol. The molecule has 2 N–H and O–H groups in total. The van der Waals surface area contributed by atoms with Crippen molar-refractivity contribution in [3.63, 3.8) is 0 Å². The Labute approximate surface area is 138 Å². The number of carbonyl (C=O) groups is 1. The molecule has 24 heavy (non-hydrogen) atoms. The van der Waals surface area contributed by atoms with E-state index in [0.717, 1.165) is 5.56 Å². The Hall–Kier alpha value is -2.42. The maximum atomic E-state index is 11.7. The second-order valence-corrected chi connectivity index (χ2v) is 6.00. The zero-order chi connectivity index (χ0) is 16.7. The molecular formula is C15H17BN2O6. The molecule has 0 spiro atoms. The third kappa shape index (κ3) is 2.64. The van der Waals surface area contributed by atoms with Gasteiger partial charge in [-0.05, 0) is 24.4 Å². The van der Waals surface area contributed by atoms with E-state index in [9.17, 15) is 14.9 Å². The van der Waals surface area contributed by atoms with E-state index in [2.05, 4.69) is 4.99 Å². The third-order valence-electron chi connectivity index (χ3n) is 4.31. The van der Waals surface area contributed by atoms with Gasteiger partial charge in [-0.2, -0.15) is 0 Å². The molecule has 8 nitrogen and oxygen atoms in total. The van der Waals surface area contributed by atoms with E-state index in [1.807, 2.05) is 4.90 Å². The number of likely N-dealkylation sites (tertiary alicyclic amines) is 1. The monoisotopic (exact) mass is 332 g/mol. The quantitative estimate of drug-likeness (QED) is 0.765. The minimum absolute atomic E-state index is 0.0286. The Kier molecular flexibility index (Phi) is 3.72. The predicted octanol–water partition coefficient (Wildman–Crippen LogP) is 0.249. The van der Waals surface area contributed by atoms with Gasteiger partial charge < -0.3 is 29.2 Å². The van der Waals surface area contributed by atoms with Crippen LogP contribution in [0.2, 0.25) is 6.32 Å². The number of nitrogens with zero attached hydrogens (tertiary/aromatic N) is 2. The van der Waals surface area contributed by atoms with Crippen LogP contribution in [-0.2, 0) is 11.2 Å². The Morgan fingerprint density at radius 1 is 1.42 bits per heavy atom. The normalized spacial score (nSPS) is 19.8. The second kappa shape index (κ2) is 5.90. The molecule has 4 rings (SSSR count). The average Bonchev–Trinajstić information content (AvgIpc) is 3.03. The van der Waals surface area contributed by atoms with Gasteiger partial charge in [-0.25, -0.2) is 9.79 Å². The number of carboxylic acid groups (broad SMARTS) is 1. The highest BCUT2D eigenvalue weighted by molar-refractivity contribution is 6.44. The Bertz CT molecular complexity index is 703. The standard InChI is InChI=1S/C15H17BN2O6/c19-14(20)12-11(2-1-9-3-4-16(21)24-13(9)12)23-10-7-18(8-10)15-17-5-6-22-15/h1-2,10,21H,3-8H2,(H,19,20). The first-order valence-corrected chi connectivity index (χ1v) is 7.94. The SMILES string of the molecule is O=C(O)c1c(OC2CN(C3=NCCO3)C2)ccc2c1OB(O)CC2. The lowest BCUT2D eigenvalue weighted by molar-refractivity contribution is 0.0480. The molecule has 3 aliphatic heterocycles. The van der Waals surface area contributed by atoms with Crippen molar-refractivity contribution >= 4 is 19.1 Å². The molecule has 0 bridgehead atoms. The zero-order valence-electron chi connectivity index (χ0n) is 13.0. The molecule has 0 radical (unpaired) electrons. The maximum Gasteiger partial charge on any atom is 0.522 e. The Balaban J connectivity index is 1.51. The van der Waals surface area contributed by atoms with Gasteiger partial charge in [-0.1, -0.05) is 6.07 Å². The molecule has 1 fully saturated rings. The van der Waals surface area contributed by atoms with E-state index >= 15 is 0 Å². The summed E-state index contributed by atoms with van der Waals surface area (Å²) in [6.45, 7) is 2.47. The van der Waals surface area contributed by atoms with Gasteiger partial charge in [0.05, 0.1) is 19.6 Å². The molecule has 1 saturated heterocycles. The van der Waals surface area contributed by atoms with Crippen LogP contribution in [0.1, 0.15) is 15.9 Å². The summed E-state index contributed by atoms with van der Waals surface area (Å²) in [5.74, 6) is -0.664. The molecule has 0 aliphatic carbocycles. The lowest BCUT2D eigenvalue weighted by Crippen LogP contribution is -2.56. The lowest BCUT2D eigenvalue weighted by Gasteiger charge is -2.39. The van der Waals surface area contributed by atoms with E-state index in [0.29, 0.717) is 45.0 Å². The van der Waals surface area contributed by atoms with Crippen LogP contribution < -0.4 is 9.39 Å². The fourth-order valence-corrected chi connectivity index (χ4v) is 3.08. The van der Waals surface area contributed by atoms with Gasteiger partial charge >= 0.3 is 13.1 Å². The first-order valence-electron chi connectivity index (χ1n) is 7.94. The number of ether oxygens (including phenoxy) is 2. The molecule has 0 atom stereocenters. The summed E-state index contributed by atoms with van der Waals surface area (Å²) in [6.07, 6.45) is 0.888. The summed E-state index contributed by atoms with van der Waals surface area (Å²) in [5.41, 5.74) is 0.744. The van der Waals surface area contributed by atoms with E-state index in [1.165, 1.54) is 0 Å². The van der Waals surface area contributed by atoms with Crippen LogP contribution in [-0.4, -0.2) is 66.5 Å². The van der Waals surface area contributed by atoms with Crippen molar-refractivity contribution in [3.05, 3.63) is 23.3 Å². The number of hydrogen-bond acceptors (Lipinski definition) is 7. The molecule has 3 aliphatic rings. The van der Waals surface area contributed by atoms with Crippen LogP contribution in [0.25, 0.3) is 0 Å². The van der Waals surface area contributed by atoms with Gasteiger partial charge in [-0.15, -0.1) is 0 Å². The highest BCUT2D eigenvalue weighted by atomic mass is 16.5. The van der Waals surface area contributed by atoms with Crippen molar-refractivity contribution in [3.8, 4) is 11.5 Å². The molecule has 1 aromatic rings. The number of carboxylic acids is 1. The topological polar surface area (TPSA) is 101 Å². The number of amidine groups is 1. The van der Waals surface area contributed by atoms with Gasteiger partial charge in [0.2, 0.25) is 0 Å². The minimum Gasteiger partial charge on any atom is -0.535 e. The van der Waals surface area contributed by atoms with Crippen LogP contribution in [0, 0.1) is 0 Å². The highest BCUT2D eigenvalue weighted by Crippen LogP contribution is 2.37. The van der Waals surface area contributed by atoms with Crippen LogP contribution in [0.15, 0.2) is 17.1 Å². The molecule has 126 valence electrons. The van der Waals surface area contributed by atoms with Gasteiger partial charge in [0.25, 0.3) is 6.02 Å². The third-order valence-corrected chi connectivity index (χ3v) is 4.31. The van der Waals surface area contributed by atoms with Crippen LogP contribution >= 0.6 is 0 Å². The molecule has 9 heteroatoms. The number of rotatable bonds is 3. The smallest absolute Gasteiger partial charge is 0.522 e. The van der Waals surface area contributed by atoms with Gasteiger partial charge in [0.15, 0.2) is 0 Å². The molecule has 0 saturated carbocycles. The number of aromatic carboxylic acids is 1.